The van der Waals surface area contributed by atoms with Gasteiger partial charge in [-0.2, -0.15) is 0 Å². The molecule has 0 aliphatic carbocycles. The van der Waals surface area contributed by atoms with Crippen molar-refractivity contribution in [3.05, 3.63) is 41.7 Å². The lowest BCUT2D eigenvalue weighted by atomic mass is 10.1. The van der Waals surface area contributed by atoms with E-state index in [4.69, 9.17) is 5.73 Å². The minimum Gasteiger partial charge on any atom is -0.354 e. The van der Waals surface area contributed by atoms with Crippen molar-refractivity contribution in [2.45, 2.75) is 32.7 Å². The van der Waals surface area contributed by atoms with Gasteiger partial charge in [-0.05, 0) is 32.9 Å². The average molecular weight is 287 g/mol. The summed E-state index contributed by atoms with van der Waals surface area (Å²) in [4.78, 5) is 11.9. The summed E-state index contributed by atoms with van der Waals surface area (Å²) in [6, 6.07) is 9.71. The molecule has 0 spiro atoms. The van der Waals surface area contributed by atoms with Crippen LogP contribution in [0.5, 0.6) is 0 Å². The van der Waals surface area contributed by atoms with Crippen LogP contribution in [0.2, 0.25) is 0 Å². The van der Waals surface area contributed by atoms with Crippen LogP contribution in [0.15, 0.2) is 30.3 Å². The topological polar surface area (TPSA) is 85.8 Å². The van der Waals surface area contributed by atoms with Gasteiger partial charge in [0.15, 0.2) is 0 Å². The Labute approximate surface area is 124 Å². The largest absolute Gasteiger partial charge is 0.354 e. The molecule has 6 nitrogen and oxygen atoms in total. The molecule has 1 heterocycles. The summed E-state index contributed by atoms with van der Waals surface area (Å²) in [5.41, 5.74) is 7.88. The lowest BCUT2D eigenvalue weighted by Crippen LogP contribution is -2.45. The predicted octanol–water partition coefficient (Wildman–Crippen LogP) is 0.972. The van der Waals surface area contributed by atoms with Crippen molar-refractivity contribution in [3.63, 3.8) is 0 Å². The standard InChI is InChI=1S/C15H21N5O/c1-11-13(9-14(21)17-10-15(2,3)16)18-19-20(11)12-7-5-4-6-8-12/h4-8H,9-10,16H2,1-3H3,(H,17,21). The first kappa shape index (κ1) is 15.2. The normalized spacial score (nSPS) is 11.4. The number of aromatic nitrogens is 3. The molecule has 0 saturated heterocycles. The zero-order valence-corrected chi connectivity index (χ0v) is 12.6. The summed E-state index contributed by atoms with van der Waals surface area (Å²) in [6.07, 6.45) is 0.203. The fourth-order valence-corrected chi connectivity index (χ4v) is 1.88. The third kappa shape index (κ3) is 4.13. The van der Waals surface area contributed by atoms with Crippen LogP contribution in [0.4, 0.5) is 0 Å². The van der Waals surface area contributed by atoms with Crippen molar-refractivity contribution in [1.29, 1.82) is 0 Å². The van der Waals surface area contributed by atoms with Gasteiger partial charge in [-0.25, -0.2) is 4.68 Å². The zero-order valence-electron chi connectivity index (χ0n) is 12.6. The number of rotatable bonds is 5. The number of nitrogens with zero attached hydrogens (tertiary/aromatic N) is 3. The first-order valence-corrected chi connectivity index (χ1v) is 6.89. The van der Waals surface area contributed by atoms with Crippen molar-refractivity contribution in [3.8, 4) is 5.69 Å². The van der Waals surface area contributed by atoms with E-state index in [9.17, 15) is 4.79 Å². The van der Waals surface area contributed by atoms with Crippen LogP contribution in [0.1, 0.15) is 25.2 Å². The Morgan fingerprint density at radius 3 is 2.62 bits per heavy atom. The summed E-state index contributed by atoms with van der Waals surface area (Å²) in [7, 11) is 0. The van der Waals surface area contributed by atoms with Gasteiger partial charge in [0.25, 0.3) is 0 Å². The molecule has 3 N–H and O–H groups in total. The van der Waals surface area contributed by atoms with Crippen molar-refractivity contribution >= 4 is 5.91 Å². The lowest BCUT2D eigenvalue weighted by Gasteiger charge is -2.18. The molecule has 6 heteroatoms. The third-order valence-corrected chi connectivity index (χ3v) is 3.06. The molecule has 0 unspecified atom stereocenters. The maximum atomic E-state index is 11.9. The Morgan fingerprint density at radius 2 is 2.00 bits per heavy atom. The molecule has 2 aromatic rings. The molecule has 112 valence electrons. The van der Waals surface area contributed by atoms with E-state index < -0.39 is 5.54 Å². The first-order chi connectivity index (χ1) is 9.87. The highest BCUT2D eigenvalue weighted by Crippen LogP contribution is 2.12. The second-order valence-electron chi connectivity index (χ2n) is 5.81. The average Bonchev–Trinajstić information content (AvgIpc) is 2.78. The molecule has 0 aliphatic heterocycles. The van der Waals surface area contributed by atoms with Crippen LogP contribution in [0.3, 0.4) is 0 Å². The van der Waals surface area contributed by atoms with E-state index in [0.717, 1.165) is 11.4 Å². The zero-order chi connectivity index (χ0) is 15.5. The maximum Gasteiger partial charge on any atom is 0.226 e. The van der Waals surface area contributed by atoms with Gasteiger partial charge in [0, 0.05) is 12.1 Å². The minimum absolute atomic E-state index is 0.100. The number of carbonyl (C=O) groups is 1. The van der Waals surface area contributed by atoms with Gasteiger partial charge in [-0.15, -0.1) is 5.10 Å². The Balaban J connectivity index is 2.06. The van der Waals surface area contributed by atoms with E-state index in [-0.39, 0.29) is 12.3 Å². The highest BCUT2D eigenvalue weighted by atomic mass is 16.1. The second kappa shape index (κ2) is 6.05. The quantitative estimate of drug-likeness (QED) is 0.858. The lowest BCUT2D eigenvalue weighted by molar-refractivity contribution is -0.120. The van der Waals surface area contributed by atoms with Gasteiger partial charge in [0.1, 0.15) is 0 Å². The van der Waals surface area contributed by atoms with E-state index in [1.165, 1.54) is 0 Å². The van der Waals surface area contributed by atoms with Gasteiger partial charge in [-0.3, -0.25) is 4.79 Å². The van der Waals surface area contributed by atoms with Gasteiger partial charge in [0.2, 0.25) is 5.91 Å². The van der Waals surface area contributed by atoms with Crippen LogP contribution >= 0.6 is 0 Å². The predicted molar refractivity (Wildman–Crippen MR) is 81.1 cm³/mol. The van der Waals surface area contributed by atoms with Gasteiger partial charge < -0.3 is 11.1 Å². The first-order valence-electron chi connectivity index (χ1n) is 6.89. The molecule has 0 bridgehead atoms. The molecule has 0 radical (unpaired) electrons. The van der Waals surface area contributed by atoms with Gasteiger partial charge in [-0.1, -0.05) is 23.4 Å². The number of hydrogen-bond acceptors (Lipinski definition) is 4. The number of para-hydroxylation sites is 1. The van der Waals surface area contributed by atoms with Gasteiger partial charge >= 0.3 is 0 Å². The summed E-state index contributed by atoms with van der Waals surface area (Å²) >= 11 is 0. The van der Waals surface area contributed by atoms with Crippen molar-refractivity contribution in [2.24, 2.45) is 5.73 Å². The molecular weight excluding hydrogens is 266 g/mol. The molecule has 2 rings (SSSR count). The number of amides is 1. The number of nitrogens with two attached hydrogens (primary N) is 1. The number of hydrogen-bond donors (Lipinski definition) is 2. The summed E-state index contributed by atoms with van der Waals surface area (Å²) in [6.45, 7) is 6.06. The Kier molecular flexibility index (Phi) is 4.37. The summed E-state index contributed by atoms with van der Waals surface area (Å²) in [5.74, 6) is -0.100. The highest BCUT2D eigenvalue weighted by molar-refractivity contribution is 5.78. The van der Waals surface area contributed by atoms with E-state index in [1.807, 2.05) is 51.1 Å². The molecule has 1 aromatic carbocycles. The molecule has 21 heavy (non-hydrogen) atoms. The number of nitrogens with one attached hydrogen (secondary N) is 1. The fraction of sp³-hybridized carbons (Fsp3) is 0.400. The second-order valence-corrected chi connectivity index (χ2v) is 5.81. The molecule has 0 aliphatic rings. The van der Waals surface area contributed by atoms with E-state index in [0.29, 0.717) is 12.2 Å². The van der Waals surface area contributed by atoms with Crippen LogP contribution in [0.25, 0.3) is 5.69 Å². The van der Waals surface area contributed by atoms with Crippen molar-refractivity contribution in [2.75, 3.05) is 6.54 Å². The summed E-state index contributed by atoms with van der Waals surface area (Å²) < 4.78 is 1.73. The molecule has 0 atom stereocenters. The van der Waals surface area contributed by atoms with E-state index in [1.54, 1.807) is 4.68 Å². The molecule has 1 aromatic heterocycles. The smallest absolute Gasteiger partial charge is 0.226 e. The van der Waals surface area contributed by atoms with Crippen LogP contribution in [0, 0.1) is 6.92 Å². The van der Waals surface area contributed by atoms with Crippen LogP contribution in [-0.4, -0.2) is 33.0 Å². The molecular formula is C15H21N5O. The number of carbonyl (C=O) groups excluding carboxylic acids is 1. The minimum atomic E-state index is -0.424. The van der Waals surface area contributed by atoms with E-state index >= 15 is 0 Å². The van der Waals surface area contributed by atoms with Crippen molar-refractivity contribution < 1.29 is 4.79 Å². The molecule has 0 saturated carbocycles. The fourth-order valence-electron chi connectivity index (χ4n) is 1.88. The Morgan fingerprint density at radius 1 is 1.33 bits per heavy atom. The van der Waals surface area contributed by atoms with Crippen LogP contribution < -0.4 is 11.1 Å². The maximum absolute atomic E-state index is 11.9. The molecule has 0 fully saturated rings. The van der Waals surface area contributed by atoms with E-state index in [2.05, 4.69) is 15.6 Å². The number of benzene rings is 1. The highest BCUT2D eigenvalue weighted by Gasteiger charge is 2.16. The third-order valence-electron chi connectivity index (χ3n) is 3.06. The summed E-state index contributed by atoms with van der Waals surface area (Å²) in [5, 5.41) is 11.0. The Bertz CT molecular complexity index is 613. The van der Waals surface area contributed by atoms with Gasteiger partial charge in [0.05, 0.1) is 23.5 Å². The Hall–Kier alpha value is -2.21. The molecule has 1 amide bonds. The monoisotopic (exact) mass is 287 g/mol. The van der Waals surface area contributed by atoms with Crippen molar-refractivity contribution in [1.82, 2.24) is 20.3 Å². The van der Waals surface area contributed by atoms with Crippen LogP contribution in [-0.2, 0) is 11.2 Å². The SMILES string of the molecule is Cc1c(CC(=O)NCC(C)(C)N)nnn1-c1ccccc1.